The predicted molar refractivity (Wildman–Crippen MR) is 69.4 cm³/mol. The molecular weight excluding hydrogens is 230 g/mol. The zero-order valence-electron chi connectivity index (χ0n) is 10.5. The van der Waals surface area contributed by atoms with Gasteiger partial charge in [0, 0.05) is 12.2 Å². The summed E-state index contributed by atoms with van der Waals surface area (Å²) in [4.78, 5) is 14.7. The third kappa shape index (κ3) is 2.91. The van der Waals surface area contributed by atoms with Crippen molar-refractivity contribution in [2.24, 2.45) is 5.92 Å². The summed E-state index contributed by atoms with van der Waals surface area (Å²) in [5.74, 6) is 0.807. The van der Waals surface area contributed by atoms with Crippen molar-refractivity contribution in [2.45, 2.75) is 38.1 Å². The van der Waals surface area contributed by atoms with E-state index in [9.17, 15) is 4.79 Å². The average Bonchev–Trinajstić information content (AvgIpc) is 2.27. The van der Waals surface area contributed by atoms with Crippen LogP contribution in [-0.2, 0) is 0 Å². The van der Waals surface area contributed by atoms with Gasteiger partial charge in [-0.05, 0) is 42.7 Å². The van der Waals surface area contributed by atoms with E-state index < -0.39 is 6.09 Å². The molecule has 4 N–H and O–H groups in total. The van der Waals surface area contributed by atoms with Gasteiger partial charge in [-0.1, -0.05) is 6.92 Å². The molecule has 1 aliphatic carbocycles. The van der Waals surface area contributed by atoms with E-state index in [1.807, 2.05) is 6.07 Å². The number of rotatable bonds is 2. The van der Waals surface area contributed by atoms with Crippen LogP contribution >= 0.6 is 0 Å². The summed E-state index contributed by atoms with van der Waals surface area (Å²) in [6, 6.07) is 1.96. The number of pyridine rings is 1. The fourth-order valence-electron chi connectivity index (χ4n) is 2.94. The molecule has 0 unspecified atom stereocenters. The van der Waals surface area contributed by atoms with Gasteiger partial charge >= 0.3 is 6.09 Å². The lowest BCUT2D eigenvalue weighted by Gasteiger charge is -2.33. The quantitative estimate of drug-likeness (QED) is 0.749. The van der Waals surface area contributed by atoms with Gasteiger partial charge in [-0.3, -0.25) is 4.98 Å². The van der Waals surface area contributed by atoms with Crippen molar-refractivity contribution in [3.8, 4) is 0 Å². The highest BCUT2D eigenvalue weighted by Crippen LogP contribution is 2.37. The Bertz CT molecular complexity index is 436. The maximum Gasteiger partial charge on any atom is 0.404 e. The van der Waals surface area contributed by atoms with Crippen molar-refractivity contribution in [1.29, 1.82) is 0 Å². The van der Waals surface area contributed by atoms with Gasteiger partial charge in [-0.15, -0.1) is 0 Å². The molecule has 1 fully saturated rings. The van der Waals surface area contributed by atoms with Gasteiger partial charge in [0.15, 0.2) is 0 Å². The molecule has 0 aliphatic heterocycles. The lowest BCUT2D eigenvalue weighted by Crippen LogP contribution is -2.39. The molecule has 0 saturated heterocycles. The SMILES string of the molecule is C[C@@H]1C[C@@H](NC(=O)O)C[C@H](c2ccncc2N)C1. The molecule has 1 aliphatic rings. The third-order valence-corrected chi connectivity index (χ3v) is 3.60. The highest BCUT2D eigenvalue weighted by atomic mass is 16.4. The number of nitrogens with two attached hydrogens (primary N) is 1. The van der Waals surface area contributed by atoms with Crippen molar-refractivity contribution < 1.29 is 9.90 Å². The Morgan fingerprint density at radius 2 is 2.28 bits per heavy atom. The highest BCUT2D eigenvalue weighted by molar-refractivity contribution is 5.64. The maximum atomic E-state index is 10.7. The Morgan fingerprint density at radius 3 is 2.94 bits per heavy atom. The summed E-state index contributed by atoms with van der Waals surface area (Å²) in [6.45, 7) is 2.15. The number of hydrogen-bond acceptors (Lipinski definition) is 3. The van der Waals surface area contributed by atoms with Crippen LogP contribution in [0, 0.1) is 5.92 Å². The van der Waals surface area contributed by atoms with Crippen molar-refractivity contribution in [1.82, 2.24) is 10.3 Å². The van der Waals surface area contributed by atoms with Crippen LogP contribution in [0.2, 0.25) is 0 Å². The van der Waals surface area contributed by atoms with Crippen LogP contribution in [0.5, 0.6) is 0 Å². The van der Waals surface area contributed by atoms with Gasteiger partial charge in [0.05, 0.1) is 11.9 Å². The number of nitrogens with zero attached hydrogens (tertiary/aromatic N) is 1. The molecule has 18 heavy (non-hydrogen) atoms. The largest absolute Gasteiger partial charge is 0.465 e. The fourth-order valence-corrected chi connectivity index (χ4v) is 2.94. The van der Waals surface area contributed by atoms with Gasteiger partial charge in [0.1, 0.15) is 0 Å². The number of nitrogen functional groups attached to an aromatic ring is 1. The second kappa shape index (κ2) is 5.25. The minimum absolute atomic E-state index is 0.0174. The zero-order valence-corrected chi connectivity index (χ0v) is 10.5. The lowest BCUT2D eigenvalue weighted by atomic mass is 9.76. The number of carbonyl (C=O) groups is 1. The van der Waals surface area contributed by atoms with Gasteiger partial charge in [-0.2, -0.15) is 0 Å². The summed E-state index contributed by atoms with van der Waals surface area (Å²) in [6.07, 6.45) is 5.21. The van der Waals surface area contributed by atoms with E-state index in [4.69, 9.17) is 10.8 Å². The zero-order chi connectivity index (χ0) is 13.1. The molecule has 2 rings (SSSR count). The third-order valence-electron chi connectivity index (χ3n) is 3.60. The number of nitrogens with one attached hydrogen (secondary N) is 1. The van der Waals surface area contributed by atoms with Crippen molar-refractivity contribution >= 4 is 11.8 Å². The standard InChI is InChI=1S/C13H19N3O2/c1-8-4-9(6-10(5-8)16-13(17)18)11-2-3-15-7-12(11)14/h2-3,7-10,16H,4-6,14H2,1H3,(H,17,18)/t8-,9+,10+/m0/s1. The van der Waals surface area contributed by atoms with Crippen LogP contribution in [-0.4, -0.2) is 22.2 Å². The van der Waals surface area contributed by atoms with Gasteiger partial charge in [-0.25, -0.2) is 4.79 Å². The summed E-state index contributed by atoms with van der Waals surface area (Å²) in [7, 11) is 0. The summed E-state index contributed by atoms with van der Waals surface area (Å²) in [5.41, 5.74) is 7.74. The smallest absolute Gasteiger partial charge is 0.404 e. The van der Waals surface area contributed by atoms with E-state index in [1.54, 1.807) is 12.4 Å². The molecule has 0 spiro atoms. The Kier molecular flexibility index (Phi) is 3.69. The Hall–Kier alpha value is -1.78. The molecule has 1 aromatic rings. The van der Waals surface area contributed by atoms with Crippen LogP contribution in [0.3, 0.4) is 0 Å². The monoisotopic (exact) mass is 249 g/mol. The number of aromatic nitrogens is 1. The molecule has 98 valence electrons. The molecule has 0 bridgehead atoms. The summed E-state index contributed by atoms with van der Waals surface area (Å²) >= 11 is 0. The van der Waals surface area contributed by atoms with Crippen molar-refractivity contribution in [3.05, 3.63) is 24.0 Å². The highest BCUT2D eigenvalue weighted by Gasteiger charge is 2.29. The molecule has 0 radical (unpaired) electrons. The van der Waals surface area contributed by atoms with E-state index >= 15 is 0 Å². The molecule has 5 nitrogen and oxygen atoms in total. The van der Waals surface area contributed by atoms with Gasteiger partial charge in [0.2, 0.25) is 0 Å². The molecule has 3 atom stereocenters. The molecule has 1 saturated carbocycles. The van der Waals surface area contributed by atoms with Crippen LogP contribution in [0.25, 0.3) is 0 Å². The van der Waals surface area contributed by atoms with Gasteiger partial charge < -0.3 is 16.2 Å². The van der Waals surface area contributed by atoms with E-state index in [0.29, 0.717) is 17.5 Å². The first-order chi connectivity index (χ1) is 8.56. The van der Waals surface area contributed by atoms with Crippen LogP contribution in [0.1, 0.15) is 37.7 Å². The normalized spacial score (nSPS) is 27.7. The maximum absolute atomic E-state index is 10.7. The van der Waals surface area contributed by atoms with Crippen LogP contribution in [0.4, 0.5) is 10.5 Å². The second-order valence-corrected chi connectivity index (χ2v) is 5.16. The lowest BCUT2D eigenvalue weighted by molar-refractivity contribution is 0.179. The van der Waals surface area contributed by atoms with Crippen molar-refractivity contribution in [2.75, 3.05) is 5.73 Å². The minimum Gasteiger partial charge on any atom is -0.465 e. The molecule has 0 aromatic carbocycles. The first-order valence-corrected chi connectivity index (χ1v) is 6.25. The van der Waals surface area contributed by atoms with Gasteiger partial charge in [0.25, 0.3) is 0 Å². The first-order valence-electron chi connectivity index (χ1n) is 6.25. The second-order valence-electron chi connectivity index (χ2n) is 5.16. The minimum atomic E-state index is -0.949. The van der Waals surface area contributed by atoms with E-state index in [-0.39, 0.29) is 6.04 Å². The first kappa shape index (κ1) is 12.7. The average molecular weight is 249 g/mol. The van der Waals surface area contributed by atoms with E-state index in [0.717, 1.165) is 24.8 Å². The summed E-state index contributed by atoms with van der Waals surface area (Å²) < 4.78 is 0. The number of hydrogen-bond donors (Lipinski definition) is 3. The predicted octanol–water partition coefficient (Wildman–Crippen LogP) is 2.20. The Balaban J connectivity index is 2.13. The molecule has 1 amide bonds. The number of carboxylic acid groups (broad SMARTS) is 1. The van der Waals surface area contributed by atoms with Crippen LogP contribution < -0.4 is 11.1 Å². The molecule has 5 heteroatoms. The Labute approximate surface area is 106 Å². The molecule has 1 aromatic heterocycles. The Morgan fingerprint density at radius 1 is 1.50 bits per heavy atom. The molecule has 1 heterocycles. The number of anilines is 1. The summed E-state index contributed by atoms with van der Waals surface area (Å²) in [5, 5.41) is 11.4. The topological polar surface area (TPSA) is 88.2 Å². The van der Waals surface area contributed by atoms with E-state index in [1.165, 1.54) is 0 Å². The van der Waals surface area contributed by atoms with Crippen molar-refractivity contribution in [3.63, 3.8) is 0 Å². The van der Waals surface area contributed by atoms with Crippen LogP contribution in [0.15, 0.2) is 18.5 Å². The number of amides is 1. The van der Waals surface area contributed by atoms with E-state index in [2.05, 4.69) is 17.2 Å². The fraction of sp³-hybridized carbons (Fsp3) is 0.538. The molecular formula is C13H19N3O2.